The molecule has 2 aromatic carbocycles. The molecule has 4 rings (SSSR count). The molecule has 7 heteroatoms. The number of nitrogens with zero attached hydrogens (tertiary/aromatic N) is 1. The van der Waals surface area contributed by atoms with Crippen LogP contribution in [0.4, 0.5) is 0 Å². The van der Waals surface area contributed by atoms with Crippen molar-refractivity contribution in [3.05, 3.63) is 78.4 Å². The van der Waals surface area contributed by atoms with E-state index in [1.165, 1.54) is 13.0 Å². The molecule has 1 amide bonds. The van der Waals surface area contributed by atoms with Gasteiger partial charge < -0.3 is 20.3 Å². The lowest BCUT2D eigenvalue weighted by atomic mass is 9.55. The lowest BCUT2D eigenvalue weighted by Gasteiger charge is -2.59. The number of carbonyl (C=O) groups is 2. The number of nitrogens with one attached hydrogen (secondary N) is 1. The van der Waals surface area contributed by atoms with E-state index in [0.717, 1.165) is 17.7 Å². The van der Waals surface area contributed by atoms with Crippen LogP contribution in [-0.2, 0) is 19.7 Å². The molecule has 1 aliphatic carbocycles. The molecule has 2 aromatic rings. The standard InChI is InChI=1S/C29H34N2O5/c1-3-15-31-16-14-28(23-7-5-9-26(34)18-23)19-24(12-13-29(28,20-31)36-21(2)32)30-27(35)11-10-22-6-4-8-25(33)17-22/h3-11,17-18,24,33-34H,1,12-16,19-20H2,2H3,(H,30,35)/t24-,28-,29-/m0/s1. The molecule has 3 atom stereocenters. The summed E-state index contributed by atoms with van der Waals surface area (Å²) >= 11 is 0. The molecule has 3 N–H and O–H groups in total. The van der Waals surface area contributed by atoms with Crippen LogP contribution >= 0.6 is 0 Å². The minimum absolute atomic E-state index is 0.136. The Morgan fingerprint density at radius 2 is 1.92 bits per heavy atom. The summed E-state index contributed by atoms with van der Waals surface area (Å²) in [6.07, 6.45) is 7.52. The monoisotopic (exact) mass is 490 g/mol. The third-order valence-corrected chi connectivity index (χ3v) is 7.47. The number of aromatic hydroxyl groups is 2. The van der Waals surface area contributed by atoms with Gasteiger partial charge >= 0.3 is 5.97 Å². The Bertz CT molecular complexity index is 1160. The maximum Gasteiger partial charge on any atom is 0.303 e. The van der Waals surface area contributed by atoms with Crippen molar-refractivity contribution in [3.63, 3.8) is 0 Å². The quantitative estimate of drug-likeness (QED) is 0.309. The van der Waals surface area contributed by atoms with Gasteiger partial charge in [0, 0.05) is 37.5 Å². The van der Waals surface area contributed by atoms with Crippen molar-refractivity contribution >= 4 is 18.0 Å². The van der Waals surface area contributed by atoms with Gasteiger partial charge in [0.05, 0.1) is 0 Å². The fourth-order valence-corrected chi connectivity index (χ4v) is 6.00. The van der Waals surface area contributed by atoms with Crippen molar-refractivity contribution < 1.29 is 24.5 Å². The largest absolute Gasteiger partial charge is 0.508 e. The van der Waals surface area contributed by atoms with E-state index in [-0.39, 0.29) is 29.4 Å². The van der Waals surface area contributed by atoms with Crippen LogP contribution in [0.3, 0.4) is 0 Å². The van der Waals surface area contributed by atoms with Crippen molar-refractivity contribution in [1.29, 1.82) is 0 Å². The highest BCUT2D eigenvalue weighted by Gasteiger charge is 2.60. The molecular weight excluding hydrogens is 456 g/mol. The highest BCUT2D eigenvalue weighted by molar-refractivity contribution is 5.92. The summed E-state index contributed by atoms with van der Waals surface area (Å²) in [7, 11) is 0. The highest BCUT2D eigenvalue weighted by Crippen LogP contribution is 2.54. The SMILES string of the molecule is C=CCN1CC[C@@]2(c3cccc(O)c3)C[C@@H](NC(=O)C=Cc3cccc(O)c3)CC[C@]2(OC(C)=O)C1. The van der Waals surface area contributed by atoms with Crippen LogP contribution in [0.5, 0.6) is 11.5 Å². The first-order valence-corrected chi connectivity index (χ1v) is 12.4. The number of amides is 1. The molecule has 0 unspecified atom stereocenters. The third kappa shape index (κ3) is 5.31. The van der Waals surface area contributed by atoms with Crippen LogP contribution < -0.4 is 5.32 Å². The molecule has 1 aliphatic heterocycles. The summed E-state index contributed by atoms with van der Waals surface area (Å²) in [6, 6.07) is 13.8. The Hall–Kier alpha value is -3.58. The van der Waals surface area contributed by atoms with Gasteiger partial charge in [0.1, 0.15) is 17.1 Å². The van der Waals surface area contributed by atoms with Gasteiger partial charge in [-0.05, 0) is 73.7 Å². The molecule has 0 spiro atoms. The Labute approximate surface area is 212 Å². The van der Waals surface area contributed by atoms with E-state index in [1.54, 1.807) is 36.4 Å². The number of benzene rings is 2. The number of carbonyl (C=O) groups excluding carboxylic acids is 2. The van der Waals surface area contributed by atoms with Gasteiger partial charge in [0.25, 0.3) is 0 Å². The fraction of sp³-hybridized carbons (Fsp3) is 0.379. The van der Waals surface area contributed by atoms with Gasteiger partial charge in [-0.3, -0.25) is 14.5 Å². The van der Waals surface area contributed by atoms with Crippen LogP contribution in [0.1, 0.15) is 43.7 Å². The molecule has 7 nitrogen and oxygen atoms in total. The van der Waals surface area contributed by atoms with E-state index in [0.29, 0.717) is 38.8 Å². The zero-order valence-corrected chi connectivity index (χ0v) is 20.7. The Morgan fingerprint density at radius 3 is 2.61 bits per heavy atom. The van der Waals surface area contributed by atoms with Crippen molar-refractivity contribution in [2.45, 2.75) is 49.7 Å². The molecule has 0 aromatic heterocycles. The first-order valence-electron chi connectivity index (χ1n) is 12.4. The van der Waals surface area contributed by atoms with E-state index >= 15 is 0 Å². The minimum atomic E-state index is -0.785. The van der Waals surface area contributed by atoms with Crippen molar-refractivity contribution in [2.75, 3.05) is 19.6 Å². The van der Waals surface area contributed by atoms with E-state index < -0.39 is 11.0 Å². The summed E-state index contributed by atoms with van der Waals surface area (Å²) in [4.78, 5) is 27.4. The molecular formula is C29H34N2O5. The summed E-state index contributed by atoms with van der Waals surface area (Å²) in [5.41, 5.74) is 0.289. The summed E-state index contributed by atoms with van der Waals surface area (Å²) < 4.78 is 6.18. The van der Waals surface area contributed by atoms with Crippen LogP contribution in [0.2, 0.25) is 0 Å². The predicted molar refractivity (Wildman–Crippen MR) is 138 cm³/mol. The van der Waals surface area contributed by atoms with Gasteiger partial charge in [-0.1, -0.05) is 30.3 Å². The number of phenols is 2. The van der Waals surface area contributed by atoms with Gasteiger partial charge in [-0.15, -0.1) is 6.58 Å². The number of fused-ring (bicyclic) bond motifs is 1. The van der Waals surface area contributed by atoms with Crippen molar-refractivity contribution in [2.24, 2.45) is 0 Å². The fourth-order valence-electron chi connectivity index (χ4n) is 6.00. The highest BCUT2D eigenvalue weighted by atomic mass is 16.6. The van der Waals surface area contributed by atoms with Gasteiger partial charge in [-0.25, -0.2) is 0 Å². The summed E-state index contributed by atoms with van der Waals surface area (Å²) in [6.45, 7) is 7.34. The topological polar surface area (TPSA) is 99.1 Å². The maximum atomic E-state index is 12.8. The predicted octanol–water partition coefficient (Wildman–Crippen LogP) is 3.91. The molecule has 2 aliphatic rings. The van der Waals surface area contributed by atoms with E-state index in [9.17, 15) is 19.8 Å². The number of rotatable bonds is 7. The molecule has 36 heavy (non-hydrogen) atoms. The third-order valence-electron chi connectivity index (χ3n) is 7.47. The number of likely N-dealkylation sites (tertiary alicyclic amines) is 1. The van der Waals surface area contributed by atoms with E-state index in [1.807, 2.05) is 24.3 Å². The minimum Gasteiger partial charge on any atom is -0.508 e. The zero-order chi connectivity index (χ0) is 25.8. The second kappa shape index (κ2) is 10.6. The zero-order valence-electron chi connectivity index (χ0n) is 20.7. The molecule has 190 valence electrons. The number of piperidine rings is 1. The Balaban J connectivity index is 1.63. The van der Waals surface area contributed by atoms with Crippen LogP contribution in [-0.4, -0.2) is 58.3 Å². The Morgan fingerprint density at radius 1 is 1.17 bits per heavy atom. The van der Waals surface area contributed by atoms with Crippen LogP contribution in [0, 0.1) is 0 Å². The number of hydrogen-bond donors (Lipinski definition) is 3. The van der Waals surface area contributed by atoms with Crippen LogP contribution in [0.15, 0.2) is 67.3 Å². The molecule has 1 saturated heterocycles. The molecule has 0 radical (unpaired) electrons. The van der Waals surface area contributed by atoms with Gasteiger partial charge in [-0.2, -0.15) is 0 Å². The summed E-state index contributed by atoms with van der Waals surface area (Å²) in [5, 5.41) is 23.1. The number of hydrogen-bond acceptors (Lipinski definition) is 6. The molecule has 1 heterocycles. The first-order chi connectivity index (χ1) is 17.2. The number of esters is 1. The number of phenolic OH excluding ortho intramolecular Hbond substituents is 2. The van der Waals surface area contributed by atoms with Crippen LogP contribution in [0.25, 0.3) is 6.08 Å². The smallest absolute Gasteiger partial charge is 0.303 e. The van der Waals surface area contributed by atoms with Crippen molar-refractivity contribution in [1.82, 2.24) is 10.2 Å². The molecule has 1 saturated carbocycles. The molecule has 0 bridgehead atoms. The van der Waals surface area contributed by atoms with E-state index in [4.69, 9.17) is 4.74 Å². The van der Waals surface area contributed by atoms with Gasteiger partial charge in [0.15, 0.2) is 0 Å². The average Bonchev–Trinajstić information content (AvgIpc) is 2.83. The summed E-state index contributed by atoms with van der Waals surface area (Å²) in [5.74, 6) is -0.259. The lowest BCUT2D eigenvalue weighted by Crippen LogP contribution is -2.68. The average molecular weight is 491 g/mol. The normalized spacial score (nSPS) is 26.2. The Kier molecular flexibility index (Phi) is 7.50. The number of ether oxygens (including phenoxy) is 1. The second-order valence-corrected chi connectivity index (χ2v) is 9.87. The first kappa shape index (κ1) is 25.5. The maximum absolute atomic E-state index is 12.8. The second-order valence-electron chi connectivity index (χ2n) is 9.87. The van der Waals surface area contributed by atoms with Gasteiger partial charge in [0.2, 0.25) is 5.91 Å². The van der Waals surface area contributed by atoms with Crippen molar-refractivity contribution in [3.8, 4) is 11.5 Å². The molecule has 2 fully saturated rings. The lowest BCUT2D eigenvalue weighted by molar-refractivity contribution is -0.186. The van der Waals surface area contributed by atoms with E-state index in [2.05, 4.69) is 16.8 Å².